The number of hydrogen-bond acceptors (Lipinski definition) is 3. The first-order chi connectivity index (χ1) is 8.81. The Morgan fingerprint density at radius 1 is 1.05 bits per heavy atom. The zero-order valence-electron chi connectivity index (χ0n) is 12.4. The van der Waals surface area contributed by atoms with Gasteiger partial charge in [0.15, 0.2) is 0 Å². The number of unbranched alkanes of at least 4 members (excludes halogenated alkanes) is 2. The van der Waals surface area contributed by atoms with Crippen molar-refractivity contribution in [3.63, 3.8) is 0 Å². The van der Waals surface area contributed by atoms with E-state index in [1.807, 2.05) is 13.8 Å². The van der Waals surface area contributed by atoms with Gasteiger partial charge in [0.05, 0.1) is 5.92 Å². The third-order valence-electron chi connectivity index (χ3n) is 3.26. The number of rotatable bonds is 10. The molecule has 0 heterocycles. The minimum atomic E-state index is -0.881. The fourth-order valence-electron chi connectivity index (χ4n) is 2.20. The first kappa shape index (κ1) is 17.9. The summed E-state index contributed by atoms with van der Waals surface area (Å²) in [4.78, 5) is 24.1. The normalized spacial score (nSPS) is 14.6. The molecule has 2 unspecified atom stereocenters. The molecular formula is C14H27NO4. The summed E-state index contributed by atoms with van der Waals surface area (Å²) in [5, 5.41) is 18.3. The molecule has 0 aliphatic heterocycles. The van der Waals surface area contributed by atoms with E-state index in [-0.39, 0.29) is 12.5 Å². The number of carbonyl (C=O) groups is 2. The van der Waals surface area contributed by atoms with E-state index in [2.05, 4.69) is 6.92 Å². The molecule has 112 valence electrons. The molecule has 2 atom stereocenters. The second-order valence-corrected chi connectivity index (χ2v) is 5.47. The number of carboxylic acid groups (broad SMARTS) is 2. The fraction of sp³-hybridized carbons (Fsp3) is 0.857. The van der Waals surface area contributed by atoms with Gasteiger partial charge in [0.1, 0.15) is 6.04 Å². The lowest BCUT2D eigenvalue weighted by atomic mass is 10.00. The van der Waals surface area contributed by atoms with E-state index in [0.717, 1.165) is 19.3 Å². The van der Waals surface area contributed by atoms with Gasteiger partial charge in [0.25, 0.3) is 0 Å². The van der Waals surface area contributed by atoms with Gasteiger partial charge in [-0.25, -0.2) is 0 Å². The third-order valence-corrected chi connectivity index (χ3v) is 3.26. The Kier molecular flexibility index (Phi) is 8.39. The van der Waals surface area contributed by atoms with E-state index in [4.69, 9.17) is 5.11 Å². The van der Waals surface area contributed by atoms with E-state index < -0.39 is 23.9 Å². The molecule has 0 saturated heterocycles. The Labute approximate surface area is 115 Å². The summed E-state index contributed by atoms with van der Waals surface area (Å²) in [7, 11) is 0. The van der Waals surface area contributed by atoms with E-state index >= 15 is 0 Å². The molecule has 19 heavy (non-hydrogen) atoms. The Hall–Kier alpha value is -1.10. The van der Waals surface area contributed by atoms with Crippen molar-refractivity contribution in [2.24, 2.45) is 11.8 Å². The zero-order chi connectivity index (χ0) is 15.0. The lowest BCUT2D eigenvalue weighted by Gasteiger charge is -2.32. The molecule has 0 saturated carbocycles. The van der Waals surface area contributed by atoms with Crippen LogP contribution in [0.25, 0.3) is 0 Å². The monoisotopic (exact) mass is 273 g/mol. The summed E-state index contributed by atoms with van der Waals surface area (Å²) in [6.07, 6.45) is 2.99. The van der Waals surface area contributed by atoms with Gasteiger partial charge in [-0.15, -0.1) is 0 Å². The van der Waals surface area contributed by atoms with Crippen LogP contribution in [0.3, 0.4) is 0 Å². The molecule has 0 amide bonds. The van der Waals surface area contributed by atoms with Crippen LogP contribution in [0, 0.1) is 11.8 Å². The van der Waals surface area contributed by atoms with E-state index in [9.17, 15) is 14.7 Å². The van der Waals surface area contributed by atoms with E-state index in [0.29, 0.717) is 6.54 Å². The molecule has 0 aliphatic carbocycles. The fourth-order valence-corrected chi connectivity index (χ4v) is 2.20. The van der Waals surface area contributed by atoms with Crippen molar-refractivity contribution in [1.29, 1.82) is 0 Å². The smallest absolute Gasteiger partial charge is 0.321 e. The van der Waals surface area contributed by atoms with Crippen molar-refractivity contribution >= 4 is 11.9 Å². The van der Waals surface area contributed by atoms with Crippen LogP contribution in [0.15, 0.2) is 0 Å². The summed E-state index contributed by atoms with van der Waals surface area (Å²) < 4.78 is 0. The topological polar surface area (TPSA) is 77.8 Å². The highest BCUT2D eigenvalue weighted by atomic mass is 16.4. The van der Waals surface area contributed by atoms with Crippen LogP contribution in [0.2, 0.25) is 0 Å². The second-order valence-electron chi connectivity index (χ2n) is 5.47. The van der Waals surface area contributed by atoms with Gasteiger partial charge in [-0.05, 0) is 18.9 Å². The number of nitrogens with zero attached hydrogens (tertiary/aromatic N) is 1. The Bertz CT molecular complexity index is 291. The van der Waals surface area contributed by atoms with Gasteiger partial charge in [-0.3, -0.25) is 14.5 Å². The zero-order valence-corrected chi connectivity index (χ0v) is 12.4. The first-order valence-corrected chi connectivity index (χ1v) is 7.00. The molecule has 0 fully saturated rings. The van der Waals surface area contributed by atoms with Crippen LogP contribution in [-0.2, 0) is 9.59 Å². The van der Waals surface area contributed by atoms with E-state index in [1.54, 1.807) is 11.8 Å². The maximum absolute atomic E-state index is 11.4. The highest BCUT2D eigenvalue weighted by Crippen LogP contribution is 2.15. The van der Waals surface area contributed by atoms with Crippen molar-refractivity contribution < 1.29 is 19.8 Å². The quantitative estimate of drug-likeness (QED) is 0.597. The molecule has 0 aromatic carbocycles. The van der Waals surface area contributed by atoms with Gasteiger partial charge in [0.2, 0.25) is 0 Å². The van der Waals surface area contributed by atoms with Gasteiger partial charge < -0.3 is 10.2 Å². The average Bonchev–Trinajstić information content (AvgIpc) is 2.27. The summed E-state index contributed by atoms with van der Waals surface area (Å²) in [5.41, 5.74) is 0. The molecule has 0 bridgehead atoms. The van der Waals surface area contributed by atoms with Crippen LogP contribution in [0.5, 0.6) is 0 Å². The maximum atomic E-state index is 11.4. The molecule has 0 radical (unpaired) electrons. The molecule has 2 N–H and O–H groups in total. The summed E-state index contributed by atoms with van der Waals surface area (Å²) >= 11 is 0. The predicted molar refractivity (Wildman–Crippen MR) is 74.2 cm³/mol. The Balaban J connectivity index is 4.80. The number of carboxylic acids is 2. The van der Waals surface area contributed by atoms with Crippen LogP contribution in [-0.4, -0.2) is 46.2 Å². The number of hydrogen-bond donors (Lipinski definition) is 2. The van der Waals surface area contributed by atoms with Crippen molar-refractivity contribution in [2.45, 2.75) is 53.0 Å². The first-order valence-electron chi connectivity index (χ1n) is 7.00. The van der Waals surface area contributed by atoms with Crippen molar-refractivity contribution in [2.75, 3.05) is 13.1 Å². The highest BCUT2D eigenvalue weighted by molar-refractivity contribution is 5.74. The Morgan fingerprint density at radius 3 is 2.00 bits per heavy atom. The van der Waals surface area contributed by atoms with Gasteiger partial charge in [0, 0.05) is 6.54 Å². The Morgan fingerprint density at radius 2 is 1.63 bits per heavy atom. The standard InChI is InChI=1S/C14H27NO4/c1-5-6-7-8-15(9-11(4)13(16)17)12(10(2)3)14(18)19/h10-12H,5-9H2,1-4H3,(H,16,17)(H,18,19). The third kappa shape index (κ3) is 6.57. The molecular weight excluding hydrogens is 246 g/mol. The lowest BCUT2D eigenvalue weighted by molar-refractivity contribution is -0.148. The van der Waals surface area contributed by atoms with Crippen LogP contribution in [0.4, 0.5) is 0 Å². The maximum Gasteiger partial charge on any atom is 0.321 e. The van der Waals surface area contributed by atoms with Crippen molar-refractivity contribution in [3.05, 3.63) is 0 Å². The molecule has 0 aliphatic rings. The van der Waals surface area contributed by atoms with Crippen molar-refractivity contribution in [1.82, 2.24) is 4.90 Å². The molecule has 0 rings (SSSR count). The van der Waals surface area contributed by atoms with Crippen LogP contribution < -0.4 is 0 Å². The summed E-state index contributed by atoms with van der Waals surface area (Å²) in [6, 6.07) is -0.612. The molecule has 0 aromatic heterocycles. The molecule has 5 heteroatoms. The summed E-state index contributed by atoms with van der Waals surface area (Å²) in [6.45, 7) is 8.35. The van der Waals surface area contributed by atoms with Gasteiger partial charge in [-0.1, -0.05) is 40.5 Å². The largest absolute Gasteiger partial charge is 0.481 e. The minimum absolute atomic E-state index is 0.0416. The lowest BCUT2D eigenvalue weighted by Crippen LogP contribution is -2.47. The SMILES string of the molecule is CCCCCN(CC(C)C(=O)O)C(C(=O)O)C(C)C. The van der Waals surface area contributed by atoms with Gasteiger partial charge in [-0.2, -0.15) is 0 Å². The molecule has 5 nitrogen and oxygen atoms in total. The van der Waals surface area contributed by atoms with Crippen molar-refractivity contribution in [3.8, 4) is 0 Å². The van der Waals surface area contributed by atoms with Crippen LogP contribution in [0.1, 0.15) is 47.0 Å². The summed E-state index contributed by atoms with van der Waals surface area (Å²) in [5.74, 6) is -2.35. The molecule has 0 aromatic rings. The predicted octanol–water partition coefficient (Wildman–Crippen LogP) is 2.31. The number of aliphatic carboxylic acids is 2. The second kappa shape index (κ2) is 8.91. The minimum Gasteiger partial charge on any atom is -0.481 e. The highest BCUT2D eigenvalue weighted by Gasteiger charge is 2.30. The van der Waals surface area contributed by atoms with Gasteiger partial charge >= 0.3 is 11.9 Å². The molecule has 0 spiro atoms. The average molecular weight is 273 g/mol. The van der Waals surface area contributed by atoms with E-state index in [1.165, 1.54) is 0 Å². The van der Waals surface area contributed by atoms with Crippen LogP contribution >= 0.6 is 0 Å².